The smallest absolute Gasteiger partial charge is 0.223 e. The first-order chi connectivity index (χ1) is 11.3. The molecule has 124 valence electrons. The van der Waals surface area contributed by atoms with E-state index in [1.54, 1.807) is 0 Å². The van der Waals surface area contributed by atoms with Gasteiger partial charge in [0.05, 0.1) is 5.69 Å². The van der Waals surface area contributed by atoms with Crippen LogP contribution in [-0.4, -0.2) is 40.4 Å². The van der Waals surface area contributed by atoms with Gasteiger partial charge < -0.3 is 10.2 Å². The largest absolute Gasteiger partial charge is 0.338 e. The Morgan fingerprint density at radius 2 is 2.17 bits per heavy atom. The summed E-state index contributed by atoms with van der Waals surface area (Å²) in [5, 5.41) is 3.42. The van der Waals surface area contributed by atoms with Crippen molar-refractivity contribution in [1.29, 1.82) is 0 Å². The summed E-state index contributed by atoms with van der Waals surface area (Å²) in [4.78, 5) is 23.9. The van der Waals surface area contributed by atoms with Crippen LogP contribution in [0.2, 0.25) is 0 Å². The molecule has 1 saturated heterocycles. The molecule has 1 aliphatic carbocycles. The molecule has 1 atom stereocenters. The maximum Gasteiger partial charge on any atom is 0.223 e. The second-order valence-electron chi connectivity index (χ2n) is 7.29. The highest BCUT2D eigenvalue weighted by atomic mass is 16.2. The predicted molar refractivity (Wildman–Crippen MR) is 88.0 cm³/mol. The Bertz CT molecular complexity index is 576. The molecule has 0 bridgehead atoms. The molecular weight excluding hydrogens is 288 g/mol. The van der Waals surface area contributed by atoms with E-state index in [4.69, 9.17) is 4.98 Å². The summed E-state index contributed by atoms with van der Waals surface area (Å²) >= 11 is 0. The highest BCUT2D eigenvalue weighted by Gasteiger charge is 2.29. The summed E-state index contributed by atoms with van der Waals surface area (Å²) in [6, 6.07) is 0. The average Bonchev–Trinajstić information content (AvgIpc) is 3.41. The van der Waals surface area contributed by atoms with Crippen molar-refractivity contribution in [1.82, 2.24) is 20.2 Å². The van der Waals surface area contributed by atoms with Crippen LogP contribution in [0.5, 0.6) is 0 Å². The van der Waals surface area contributed by atoms with Gasteiger partial charge in [-0.1, -0.05) is 0 Å². The van der Waals surface area contributed by atoms with Gasteiger partial charge in [-0.15, -0.1) is 0 Å². The van der Waals surface area contributed by atoms with Crippen LogP contribution >= 0.6 is 0 Å². The summed E-state index contributed by atoms with van der Waals surface area (Å²) in [5.41, 5.74) is 2.32. The molecule has 3 aliphatic rings. The Morgan fingerprint density at radius 3 is 3.04 bits per heavy atom. The number of nitrogens with zero attached hydrogens (tertiary/aromatic N) is 3. The fourth-order valence-electron chi connectivity index (χ4n) is 3.75. The van der Waals surface area contributed by atoms with Crippen LogP contribution in [0.4, 0.5) is 0 Å². The van der Waals surface area contributed by atoms with Gasteiger partial charge in [-0.2, -0.15) is 0 Å². The van der Waals surface area contributed by atoms with E-state index in [0.717, 1.165) is 43.9 Å². The molecule has 2 fully saturated rings. The lowest BCUT2D eigenvalue weighted by atomic mass is 9.95. The van der Waals surface area contributed by atoms with E-state index in [1.165, 1.54) is 31.4 Å². The zero-order valence-corrected chi connectivity index (χ0v) is 13.8. The molecule has 5 heteroatoms. The van der Waals surface area contributed by atoms with Crippen LogP contribution in [0.3, 0.4) is 0 Å². The average molecular weight is 314 g/mol. The van der Waals surface area contributed by atoms with Gasteiger partial charge in [0, 0.05) is 43.6 Å². The second-order valence-corrected chi connectivity index (χ2v) is 7.29. The molecule has 1 saturated carbocycles. The summed E-state index contributed by atoms with van der Waals surface area (Å²) < 4.78 is 0. The van der Waals surface area contributed by atoms with E-state index in [0.29, 0.717) is 30.7 Å². The Labute approximate surface area is 137 Å². The second kappa shape index (κ2) is 6.56. The molecular formula is C18H26N4O. The Balaban J connectivity index is 1.37. The van der Waals surface area contributed by atoms with E-state index < -0.39 is 0 Å². The van der Waals surface area contributed by atoms with Gasteiger partial charge in [0.1, 0.15) is 5.82 Å². The van der Waals surface area contributed by atoms with Crippen LogP contribution in [0.25, 0.3) is 0 Å². The van der Waals surface area contributed by atoms with E-state index in [9.17, 15) is 4.79 Å². The molecule has 1 aromatic rings. The quantitative estimate of drug-likeness (QED) is 0.927. The van der Waals surface area contributed by atoms with Crippen LogP contribution in [0.1, 0.15) is 61.5 Å². The van der Waals surface area contributed by atoms with Gasteiger partial charge in [0.2, 0.25) is 5.91 Å². The van der Waals surface area contributed by atoms with E-state index in [2.05, 4.69) is 10.3 Å². The molecule has 1 amide bonds. The standard InChI is InChI=1S/C18H26N4O/c23-17(10-13-2-1-7-19-8-5-13)22-9-6-16-15(12-22)11-20-18(21-16)14-3-4-14/h11,13-14,19H,1-10,12H2. The number of aromatic nitrogens is 2. The van der Waals surface area contributed by atoms with Crippen molar-refractivity contribution < 1.29 is 4.79 Å². The van der Waals surface area contributed by atoms with Gasteiger partial charge in [-0.3, -0.25) is 4.79 Å². The van der Waals surface area contributed by atoms with Gasteiger partial charge >= 0.3 is 0 Å². The van der Waals surface area contributed by atoms with E-state index in [1.807, 2.05) is 11.1 Å². The van der Waals surface area contributed by atoms with E-state index >= 15 is 0 Å². The van der Waals surface area contributed by atoms with E-state index in [-0.39, 0.29) is 0 Å². The van der Waals surface area contributed by atoms with Gasteiger partial charge in [0.25, 0.3) is 0 Å². The number of hydrogen-bond acceptors (Lipinski definition) is 4. The Kier molecular flexibility index (Phi) is 4.29. The Morgan fingerprint density at radius 1 is 1.26 bits per heavy atom. The summed E-state index contributed by atoms with van der Waals surface area (Å²) in [6.45, 7) is 3.67. The zero-order chi connectivity index (χ0) is 15.6. The SMILES string of the molecule is O=C(CC1CCCNCC1)N1CCc2nc(C3CC3)ncc2C1. The highest BCUT2D eigenvalue weighted by Crippen LogP contribution is 2.38. The number of rotatable bonds is 3. The third-order valence-electron chi connectivity index (χ3n) is 5.41. The number of nitrogens with one attached hydrogen (secondary N) is 1. The lowest BCUT2D eigenvalue weighted by Crippen LogP contribution is -2.37. The van der Waals surface area contributed by atoms with Crippen molar-refractivity contribution in [2.24, 2.45) is 5.92 Å². The topological polar surface area (TPSA) is 58.1 Å². The molecule has 5 nitrogen and oxygen atoms in total. The molecule has 1 unspecified atom stereocenters. The van der Waals surface area contributed by atoms with Crippen LogP contribution < -0.4 is 5.32 Å². The van der Waals surface area contributed by atoms with Crippen molar-refractivity contribution in [2.75, 3.05) is 19.6 Å². The summed E-state index contributed by atoms with van der Waals surface area (Å²) in [6.07, 6.45) is 9.53. The molecule has 0 radical (unpaired) electrons. The molecule has 2 aliphatic heterocycles. The summed E-state index contributed by atoms with van der Waals surface area (Å²) in [7, 11) is 0. The van der Waals surface area contributed by atoms with Gasteiger partial charge in [-0.05, 0) is 51.1 Å². The van der Waals surface area contributed by atoms with Crippen molar-refractivity contribution in [3.8, 4) is 0 Å². The first-order valence-electron chi connectivity index (χ1n) is 9.13. The monoisotopic (exact) mass is 314 g/mol. The molecule has 0 spiro atoms. The van der Waals surface area contributed by atoms with Gasteiger partial charge in [0.15, 0.2) is 0 Å². The fourth-order valence-corrected chi connectivity index (χ4v) is 3.75. The highest BCUT2D eigenvalue weighted by molar-refractivity contribution is 5.76. The third kappa shape index (κ3) is 3.55. The lowest BCUT2D eigenvalue weighted by Gasteiger charge is -2.29. The molecule has 1 aromatic heterocycles. The number of hydrogen-bond donors (Lipinski definition) is 1. The van der Waals surface area contributed by atoms with Crippen molar-refractivity contribution in [2.45, 2.75) is 57.4 Å². The predicted octanol–water partition coefficient (Wildman–Crippen LogP) is 2.02. The molecule has 3 heterocycles. The minimum absolute atomic E-state index is 0.314. The molecule has 0 aromatic carbocycles. The molecule has 23 heavy (non-hydrogen) atoms. The van der Waals surface area contributed by atoms with Crippen LogP contribution in [0.15, 0.2) is 6.20 Å². The molecule has 1 N–H and O–H groups in total. The Hall–Kier alpha value is -1.49. The van der Waals surface area contributed by atoms with Crippen LogP contribution in [-0.2, 0) is 17.8 Å². The number of fused-ring (bicyclic) bond motifs is 1. The van der Waals surface area contributed by atoms with Crippen LogP contribution in [0, 0.1) is 5.92 Å². The van der Waals surface area contributed by atoms with Crippen molar-refractivity contribution >= 4 is 5.91 Å². The lowest BCUT2D eigenvalue weighted by molar-refractivity contribution is -0.133. The summed E-state index contributed by atoms with van der Waals surface area (Å²) in [5.74, 6) is 2.49. The number of carbonyl (C=O) groups excluding carboxylic acids is 1. The third-order valence-corrected chi connectivity index (χ3v) is 5.41. The first kappa shape index (κ1) is 15.1. The zero-order valence-electron chi connectivity index (χ0n) is 13.8. The number of amides is 1. The molecule has 4 rings (SSSR count). The minimum Gasteiger partial charge on any atom is -0.338 e. The number of carbonyl (C=O) groups is 1. The van der Waals surface area contributed by atoms with Crippen molar-refractivity contribution in [3.05, 3.63) is 23.3 Å². The maximum absolute atomic E-state index is 12.6. The van der Waals surface area contributed by atoms with Crippen molar-refractivity contribution in [3.63, 3.8) is 0 Å². The minimum atomic E-state index is 0.314. The normalized spacial score (nSPS) is 24.9. The maximum atomic E-state index is 12.6. The van der Waals surface area contributed by atoms with Gasteiger partial charge in [-0.25, -0.2) is 9.97 Å². The first-order valence-corrected chi connectivity index (χ1v) is 9.13. The fraction of sp³-hybridized carbons (Fsp3) is 0.722.